The molecule has 5 nitrogen and oxygen atoms in total. The molecule has 6 heteroatoms. The van der Waals surface area contributed by atoms with Crippen LogP contribution >= 0.6 is 11.8 Å². The molecule has 0 saturated carbocycles. The second-order valence-electron chi connectivity index (χ2n) is 3.44. The number of aliphatic hydroxyl groups is 1. The SMILES string of the molecule is C=C(C)C(CO)SC[C@H](NC(C)=O)C(=O)O. The van der Waals surface area contributed by atoms with Crippen molar-refractivity contribution in [1.29, 1.82) is 0 Å². The summed E-state index contributed by atoms with van der Waals surface area (Å²) in [6.07, 6.45) is 0. The second-order valence-corrected chi connectivity index (χ2v) is 4.68. The Bertz CT molecular complexity index is 280. The van der Waals surface area contributed by atoms with Crippen molar-refractivity contribution in [3.63, 3.8) is 0 Å². The molecule has 1 amide bonds. The van der Waals surface area contributed by atoms with E-state index in [1.807, 2.05) is 0 Å². The van der Waals surface area contributed by atoms with Crippen LogP contribution in [0.1, 0.15) is 13.8 Å². The van der Waals surface area contributed by atoms with Crippen LogP contribution in [0.4, 0.5) is 0 Å². The van der Waals surface area contributed by atoms with E-state index in [0.717, 1.165) is 5.57 Å². The van der Waals surface area contributed by atoms with E-state index in [4.69, 9.17) is 10.2 Å². The Labute approximate surface area is 98.9 Å². The molecule has 0 aromatic heterocycles. The average molecular weight is 247 g/mol. The van der Waals surface area contributed by atoms with Gasteiger partial charge in [0.05, 0.1) is 6.61 Å². The number of amides is 1. The number of aliphatic hydroxyl groups excluding tert-OH is 1. The molecule has 3 N–H and O–H groups in total. The lowest BCUT2D eigenvalue weighted by atomic mass is 10.2. The first-order valence-electron chi connectivity index (χ1n) is 4.76. The molecule has 0 aliphatic heterocycles. The van der Waals surface area contributed by atoms with Crippen LogP contribution in [0.3, 0.4) is 0 Å². The number of carboxylic acid groups (broad SMARTS) is 1. The first-order chi connectivity index (χ1) is 7.38. The minimum Gasteiger partial charge on any atom is -0.480 e. The zero-order valence-electron chi connectivity index (χ0n) is 9.40. The summed E-state index contributed by atoms with van der Waals surface area (Å²) in [4.78, 5) is 21.5. The molecule has 16 heavy (non-hydrogen) atoms. The molecular formula is C10H17NO4S. The number of nitrogens with one attached hydrogen (secondary N) is 1. The van der Waals surface area contributed by atoms with Gasteiger partial charge < -0.3 is 15.5 Å². The summed E-state index contributed by atoms with van der Waals surface area (Å²) in [5.41, 5.74) is 0.777. The zero-order chi connectivity index (χ0) is 12.7. The van der Waals surface area contributed by atoms with Gasteiger partial charge in [-0.3, -0.25) is 4.79 Å². The van der Waals surface area contributed by atoms with E-state index in [9.17, 15) is 9.59 Å². The van der Waals surface area contributed by atoms with Crippen molar-refractivity contribution < 1.29 is 19.8 Å². The molecule has 0 rings (SSSR count). The lowest BCUT2D eigenvalue weighted by Crippen LogP contribution is -2.42. The summed E-state index contributed by atoms with van der Waals surface area (Å²) in [5, 5.41) is 20.0. The molecule has 0 aromatic carbocycles. The number of hydrogen-bond donors (Lipinski definition) is 3. The smallest absolute Gasteiger partial charge is 0.327 e. The largest absolute Gasteiger partial charge is 0.480 e. The number of carboxylic acids is 1. The molecule has 0 aliphatic carbocycles. The lowest BCUT2D eigenvalue weighted by Gasteiger charge is -2.17. The van der Waals surface area contributed by atoms with Crippen molar-refractivity contribution in [1.82, 2.24) is 5.32 Å². The van der Waals surface area contributed by atoms with Crippen molar-refractivity contribution >= 4 is 23.6 Å². The fraction of sp³-hybridized carbons (Fsp3) is 0.600. The summed E-state index contributed by atoms with van der Waals surface area (Å²) in [6.45, 7) is 6.64. The van der Waals surface area contributed by atoms with Gasteiger partial charge in [-0.1, -0.05) is 12.2 Å². The van der Waals surface area contributed by atoms with E-state index in [0.29, 0.717) is 0 Å². The van der Waals surface area contributed by atoms with Gasteiger partial charge in [0.1, 0.15) is 6.04 Å². The average Bonchev–Trinajstić information content (AvgIpc) is 2.15. The summed E-state index contributed by atoms with van der Waals surface area (Å²) in [7, 11) is 0. The Balaban J connectivity index is 4.25. The van der Waals surface area contributed by atoms with E-state index in [-0.39, 0.29) is 23.5 Å². The molecule has 0 bridgehead atoms. The van der Waals surface area contributed by atoms with E-state index in [2.05, 4.69) is 11.9 Å². The first-order valence-corrected chi connectivity index (χ1v) is 5.81. The van der Waals surface area contributed by atoms with Gasteiger partial charge in [0.25, 0.3) is 0 Å². The molecule has 1 unspecified atom stereocenters. The lowest BCUT2D eigenvalue weighted by molar-refractivity contribution is -0.140. The third-order valence-corrected chi connectivity index (χ3v) is 3.33. The Morgan fingerprint density at radius 2 is 2.00 bits per heavy atom. The molecule has 0 heterocycles. The zero-order valence-corrected chi connectivity index (χ0v) is 10.2. The Kier molecular flexibility index (Phi) is 6.83. The summed E-state index contributed by atoms with van der Waals surface area (Å²) < 4.78 is 0. The van der Waals surface area contributed by atoms with Gasteiger partial charge >= 0.3 is 5.97 Å². The van der Waals surface area contributed by atoms with Crippen molar-refractivity contribution in [2.75, 3.05) is 12.4 Å². The van der Waals surface area contributed by atoms with Crippen LogP contribution in [0.15, 0.2) is 12.2 Å². The molecule has 0 spiro atoms. The van der Waals surface area contributed by atoms with Gasteiger partial charge in [-0.2, -0.15) is 0 Å². The van der Waals surface area contributed by atoms with Crippen LogP contribution in [0.5, 0.6) is 0 Å². The van der Waals surface area contributed by atoms with Crippen molar-refractivity contribution in [2.24, 2.45) is 0 Å². The standard InChI is InChI=1S/C10H17NO4S/c1-6(2)9(4-12)16-5-8(10(14)15)11-7(3)13/h8-9,12H,1,4-5H2,2-3H3,(H,11,13)(H,14,15)/t8-,9?/m0/s1. The highest BCUT2D eigenvalue weighted by Crippen LogP contribution is 2.18. The van der Waals surface area contributed by atoms with Crippen LogP contribution in [0.25, 0.3) is 0 Å². The third kappa shape index (κ3) is 5.77. The maximum Gasteiger partial charge on any atom is 0.327 e. The Morgan fingerprint density at radius 1 is 1.44 bits per heavy atom. The maximum atomic E-state index is 10.8. The van der Waals surface area contributed by atoms with Crippen LogP contribution in [0, 0.1) is 0 Å². The summed E-state index contributed by atoms with van der Waals surface area (Å²) in [5.74, 6) is -1.27. The van der Waals surface area contributed by atoms with Gasteiger partial charge in [-0.05, 0) is 6.92 Å². The van der Waals surface area contributed by atoms with Crippen LogP contribution in [-0.2, 0) is 9.59 Å². The molecule has 0 radical (unpaired) electrons. The Morgan fingerprint density at radius 3 is 2.31 bits per heavy atom. The second kappa shape index (κ2) is 7.29. The predicted octanol–water partition coefficient (Wildman–Crippen LogP) is 0.246. The summed E-state index contributed by atoms with van der Waals surface area (Å²) >= 11 is 1.26. The summed E-state index contributed by atoms with van der Waals surface area (Å²) in [6, 6.07) is -0.934. The van der Waals surface area contributed by atoms with Crippen molar-refractivity contribution in [3.8, 4) is 0 Å². The minimum atomic E-state index is -1.08. The number of carbonyl (C=O) groups excluding carboxylic acids is 1. The van der Waals surface area contributed by atoms with E-state index in [1.54, 1.807) is 6.92 Å². The van der Waals surface area contributed by atoms with Crippen LogP contribution in [-0.4, -0.2) is 45.7 Å². The number of rotatable bonds is 7. The molecule has 0 aromatic rings. The predicted molar refractivity (Wildman–Crippen MR) is 63.4 cm³/mol. The highest BCUT2D eigenvalue weighted by atomic mass is 32.2. The monoisotopic (exact) mass is 247 g/mol. The van der Waals surface area contributed by atoms with Crippen LogP contribution in [0.2, 0.25) is 0 Å². The number of hydrogen-bond acceptors (Lipinski definition) is 4. The van der Waals surface area contributed by atoms with E-state index < -0.39 is 12.0 Å². The van der Waals surface area contributed by atoms with Gasteiger partial charge in [-0.15, -0.1) is 11.8 Å². The Hall–Kier alpha value is -1.01. The molecular weight excluding hydrogens is 230 g/mol. The minimum absolute atomic E-state index is 0.0909. The molecule has 2 atom stereocenters. The fourth-order valence-electron chi connectivity index (χ4n) is 0.983. The third-order valence-electron chi connectivity index (χ3n) is 1.86. The van der Waals surface area contributed by atoms with Gasteiger partial charge in [0.2, 0.25) is 5.91 Å². The van der Waals surface area contributed by atoms with Crippen molar-refractivity contribution in [3.05, 3.63) is 12.2 Å². The van der Waals surface area contributed by atoms with Crippen molar-refractivity contribution in [2.45, 2.75) is 25.1 Å². The maximum absolute atomic E-state index is 10.8. The number of thioether (sulfide) groups is 1. The topological polar surface area (TPSA) is 86.6 Å². The number of aliphatic carboxylic acids is 1. The quantitative estimate of drug-likeness (QED) is 0.561. The fourth-order valence-corrected chi connectivity index (χ4v) is 2.02. The van der Waals surface area contributed by atoms with E-state index in [1.165, 1.54) is 18.7 Å². The number of carbonyl (C=O) groups is 2. The van der Waals surface area contributed by atoms with Gasteiger partial charge in [-0.25, -0.2) is 4.79 Å². The molecule has 0 fully saturated rings. The molecule has 92 valence electrons. The van der Waals surface area contributed by atoms with Crippen LogP contribution < -0.4 is 5.32 Å². The molecule has 0 aliphatic rings. The first kappa shape index (κ1) is 15.0. The highest BCUT2D eigenvalue weighted by molar-refractivity contribution is 8.00. The van der Waals surface area contributed by atoms with E-state index >= 15 is 0 Å². The highest BCUT2D eigenvalue weighted by Gasteiger charge is 2.20. The molecule has 0 saturated heterocycles. The van der Waals surface area contributed by atoms with Gasteiger partial charge in [0.15, 0.2) is 0 Å². The van der Waals surface area contributed by atoms with Gasteiger partial charge in [0, 0.05) is 17.9 Å². The normalized spacial score (nSPS) is 13.9.